The minimum atomic E-state index is -0.291. The maximum atomic E-state index is 14.0. The van der Waals surface area contributed by atoms with Crippen LogP contribution in [-0.4, -0.2) is 28.1 Å². The second-order valence-corrected chi connectivity index (χ2v) is 7.19. The maximum absolute atomic E-state index is 14.0. The number of nitrogens with zero attached hydrogens (tertiary/aromatic N) is 3. The molecule has 4 nitrogen and oxygen atoms in total. The predicted octanol–water partition coefficient (Wildman–Crippen LogP) is 3.94. The SMILES string of the molecule is Cc1nc(C2CC23CCN(Cc2cccc(Cl)c2F)CC3)no1. The normalized spacial score (nSPS) is 23.3. The summed E-state index contributed by atoms with van der Waals surface area (Å²) < 4.78 is 19.1. The van der Waals surface area contributed by atoms with E-state index in [0.29, 0.717) is 29.3 Å². The van der Waals surface area contributed by atoms with Gasteiger partial charge in [-0.1, -0.05) is 28.9 Å². The largest absolute Gasteiger partial charge is 0.340 e. The van der Waals surface area contributed by atoms with Gasteiger partial charge in [0.25, 0.3) is 0 Å². The summed E-state index contributed by atoms with van der Waals surface area (Å²) in [7, 11) is 0. The molecule has 1 saturated heterocycles. The van der Waals surface area contributed by atoms with Crippen molar-refractivity contribution < 1.29 is 8.91 Å². The third kappa shape index (κ3) is 2.76. The first-order chi connectivity index (χ1) is 11.1. The lowest BCUT2D eigenvalue weighted by Crippen LogP contribution is -2.34. The summed E-state index contributed by atoms with van der Waals surface area (Å²) in [5.74, 6) is 1.64. The molecule has 0 radical (unpaired) electrons. The molecule has 2 aliphatic rings. The average molecular weight is 336 g/mol. The maximum Gasteiger partial charge on any atom is 0.223 e. The van der Waals surface area contributed by atoms with Crippen molar-refractivity contribution in [2.45, 2.75) is 38.6 Å². The number of aromatic nitrogens is 2. The van der Waals surface area contributed by atoms with Gasteiger partial charge < -0.3 is 4.52 Å². The van der Waals surface area contributed by atoms with Gasteiger partial charge in [0.15, 0.2) is 5.82 Å². The lowest BCUT2D eigenvalue weighted by molar-refractivity contribution is 0.160. The molecule has 1 aromatic heterocycles. The molecule has 2 aromatic rings. The van der Waals surface area contributed by atoms with Gasteiger partial charge in [0.1, 0.15) is 5.82 Å². The van der Waals surface area contributed by atoms with Crippen LogP contribution in [0.3, 0.4) is 0 Å². The number of piperidine rings is 1. The zero-order valence-corrected chi connectivity index (χ0v) is 13.8. The van der Waals surface area contributed by atoms with E-state index in [0.717, 1.165) is 38.2 Å². The first-order valence-electron chi connectivity index (χ1n) is 8.03. The highest BCUT2D eigenvalue weighted by Gasteiger charge is 2.57. The quantitative estimate of drug-likeness (QED) is 0.852. The van der Waals surface area contributed by atoms with Gasteiger partial charge in [-0.25, -0.2) is 4.39 Å². The Kier molecular flexibility index (Phi) is 3.65. The molecular weight excluding hydrogens is 317 g/mol. The van der Waals surface area contributed by atoms with Crippen molar-refractivity contribution in [1.82, 2.24) is 15.0 Å². The smallest absolute Gasteiger partial charge is 0.223 e. The van der Waals surface area contributed by atoms with Gasteiger partial charge in [-0.2, -0.15) is 4.98 Å². The molecule has 1 spiro atoms. The molecule has 1 unspecified atom stereocenters. The van der Waals surface area contributed by atoms with Crippen LogP contribution < -0.4 is 0 Å². The lowest BCUT2D eigenvalue weighted by Gasteiger charge is -2.32. The average Bonchev–Trinajstić information content (AvgIpc) is 3.06. The molecule has 6 heteroatoms. The van der Waals surface area contributed by atoms with Crippen molar-refractivity contribution in [3.05, 3.63) is 46.3 Å². The highest BCUT2D eigenvalue weighted by Crippen LogP contribution is 2.64. The number of rotatable bonds is 3. The fourth-order valence-corrected chi connectivity index (χ4v) is 3.98. The third-order valence-corrected chi connectivity index (χ3v) is 5.61. The third-order valence-electron chi connectivity index (χ3n) is 5.32. The highest BCUT2D eigenvalue weighted by molar-refractivity contribution is 6.30. The van der Waals surface area contributed by atoms with Crippen molar-refractivity contribution >= 4 is 11.6 Å². The van der Waals surface area contributed by atoms with Crippen LogP contribution in [0.15, 0.2) is 22.7 Å². The van der Waals surface area contributed by atoms with Gasteiger partial charge in [-0.05, 0) is 43.8 Å². The van der Waals surface area contributed by atoms with Crippen LogP contribution in [0.25, 0.3) is 0 Å². The first kappa shape index (κ1) is 15.1. The molecule has 23 heavy (non-hydrogen) atoms. The molecule has 122 valence electrons. The fourth-order valence-electron chi connectivity index (χ4n) is 3.79. The van der Waals surface area contributed by atoms with Crippen molar-refractivity contribution in [3.63, 3.8) is 0 Å². The van der Waals surface area contributed by atoms with E-state index >= 15 is 0 Å². The Labute approximate surface area is 139 Å². The molecule has 0 bridgehead atoms. The van der Waals surface area contributed by atoms with E-state index in [-0.39, 0.29) is 10.8 Å². The summed E-state index contributed by atoms with van der Waals surface area (Å²) in [5, 5.41) is 4.27. The van der Waals surface area contributed by atoms with Crippen molar-refractivity contribution in [3.8, 4) is 0 Å². The Morgan fingerprint density at radius 3 is 2.87 bits per heavy atom. The van der Waals surface area contributed by atoms with E-state index in [1.165, 1.54) is 0 Å². The second-order valence-electron chi connectivity index (χ2n) is 6.78. The lowest BCUT2D eigenvalue weighted by atomic mass is 9.90. The number of likely N-dealkylation sites (tertiary alicyclic amines) is 1. The molecule has 2 heterocycles. The molecule has 0 N–H and O–H groups in total. The Morgan fingerprint density at radius 2 is 2.17 bits per heavy atom. The van der Waals surface area contributed by atoms with E-state index in [9.17, 15) is 4.39 Å². The Balaban J connectivity index is 1.38. The summed E-state index contributed by atoms with van der Waals surface area (Å²) in [6, 6.07) is 5.21. The van der Waals surface area contributed by atoms with Gasteiger partial charge in [0.05, 0.1) is 5.02 Å². The number of benzene rings is 1. The first-order valence-corrected chi connectivity index (χ1v) is 8.41. The zero-order chi connectivity index (χ0) is 16.0. The molecule has 1 aliphatic heterocycles. The number of halogens is 2. The minimum Gasteiger partial charge on any atom is -0.340 e. The summed E-state index contributed by atoms with van der Waals surface area (Å²) in [5.41, 5.74) is 1.01. The number of hydrogen-bond donors (Lipinski definition) is 0. The Hall–Kier alpha value is -1.46. The van der Waals surface area contributed by atoms with E-state index in [1.54, 1.807) is 6.07 Å². The van der Waals surface area contributed by atoms with Crippen LogP contribution in [0.1, 0.15) is 42.5 Å². The summed E-state index contributed by atoms with van der Waals surface area (Å²) >= 11 is 5.86. The number of aryl methyl sites for hydroxylation is 1. The van der Waals surface area contributed by atoms with E-state index < -0.39 is 0 Å². The molecule has 1 aromatic carbocycles. The topological polar surface area (TPSA) is 42.2 Å². The van der Waals surface area contributed by atoms with Crippen LogP contribution in [0.2, 0.25) is 5.02 Å². The Bertz CT molecular complexity index is 724. The molecular formula is C17H19ClFN3O. The Morgan fingerprint density at radius 1 is 1.39 bits per heavy atom. The summed E-state index contributed by atoms with van der Waals surface area (Å²) in [4.78, 5) is 6.68. The molecule has 1 saturated carbocycles. The standard InChI is InChI=1S/C17H19ClFN3O/c1-11-20-16(21-23-11)13-9-17(13)5-7-22(8-6-17)10-12-3-2-4-14(18)15(12)19/h2-4,13H,5-10H2,1H3. The van der Waals surface area contributed by atoms with E-state index in [1.807, 2.05) is 19.1 Å². The second kappa shape index (κ2) is 5.56. The van der Waals surface area contributed by atoms with Gasteiger partial charge in [0.2, 0.25) is 5.89 Å². The van der Waals surface area contributed by atoms with Crippen LogP contribution in [0, 0.1) is 18.2 Å². The van der Waals surface area contributed by atoms with Crippen LogP contribution in [-0.2, 0) is 6.54 Å². The molecule has 1 atom stereocenters. The zero-order valence-electron chi connectivity index (χ0n) is 13.1. The van der Waals surface area contributed by atoms with Crippen molar-refractivity contribution in [2.24, 2.45) is 5.41 Å². The van der Waals surface area contributed by atoms with Crippen LogP contribution in [0.4, 0.5) is 4.39 Å². The predicted molar refractivity (Wildman–Crippen MR) is 84.7 cm³/mol. The van der Waals surface area contributed by atoms with Crippen molar-refractivity contribution in [2.75, 3.05) is 13.1 Å². The van der Waals surface area contributed by atoms with Crippen LogP contribution in [0.5, 0.6) is 0 Å². The number of hydrogen-bond acceptors (Lipinski definition) is 4. The monoisotopic (exact) mass is 335 g/mol. The summed E-state index contributed by atoms with van der Waals surface area (Å²) in [6.45, 7) is 4.39. The fraction of sp³-hybridized carbons (Fsp3) is 0.529. The minimum absolute atomic E-state index is 0.200. The molecule has 2 fully saturated rings. The van der Waals surface area contributed by atoms with E-state index in [4.69, 9.17) is 16.1 Å². The van der Waals surface area contributed by atoms with Gasteiger partial charge >= 0.3 is 0 Å². The highest BCUT2D eigenvalue weighted by atomic mass is 35.5. The van der Waals surface area contributed by atoms with Gasteiger partial charge in [-0.15, -0.1) is 0 Å². The van der Waals surface area contributed by atoms with E-state index in [2.05, 4.69) is 15.0 Å². The molecule has 1 aliphatic carbocycles. The molecule has 4 rings (SSSR count). The van der Waals surface area contributed by atoms with Crippen LogP contribution >= 0.6 is 11.6 Å². The van der Waals surface area contributed by atoms with Gasteiger partial charge in [0, 0.05) is 24.9 Å². The van der Waals surface area contributed by atoms with Crippen molar-refractivity contribution in [1.29, 1.82) is 0 Å². The summed E-state index contributed by atoms with van der Waals surface area (Å²) in [6.07, 6.45) is 3.35. The van der Waals surface area contributed by atoms with Gasteiger partial charge in [-0.3, -0.25) is 4.90 Å². The molecule has 0 amide bonds.